The third-order valence-electron chi connectivity index (χ3n) is 1.66. The van der Waals surface area contributed by atoms with Gasteiger partial charge < -0.3 is 16.5 Å². The van der Waals surface area contributed by atoms with Crippen LogP contribution in [0.4, 0.5) is 5.82 Å². The number of carbonyl (C=O) groups is 2. The number of rotatable bonds is 4. The number of halogens is 1. The Kier molecular flexibility index (Phi) is 4.03. The lowest BCUT2D eigenvalue weighted by Gasteiger charge is -2.05. The Bertz CT molecular complexity index is 423. The van der Waals surface area contributed by atoms with E-state index in [1.807, 2.05) is 0 Å². The zero-order valence-electron chi connectivity index (χ0n) is 8.16. The van der Waals surface area contributed by atoms with Crippen molar-refractivity contribution in [3.63, 3.8) is 0 Å². The number of aromatic nitrogens is 1. The molecule has 86 valence electrons. The van der Waals surface area contributed by atoms with Crippen molar-refractivity contribution in [2.75, 3.05) is 12.0 Å². The number of anilines is 1. The normalized spacial score (nSPS) is 9.62. The van der Waals surface area contributed by atoms with Gasteiger partial charge in [-0.15, -0.1) is 0 Å². The Morgan fingerprint density at radius 2 is 2.19 bits per heavy atom. The van der Waals surface area contributed by atoms with Gasteiger partial charge in [-0.1, -0.05) is 11.6 Å². The number of pyridine rings is 1. The molecular formula is C8H10ClN5O2. The fourth-order valence-electron chi connectivity index (χ4n) is 0.938. The second-order valence-electron chi connectivity index (χ2n) is 2.85. The van der Waals surface area contributed by atoms with Gasteiger partial charge in [0.15, 0.2) is 5.82 Å². The van der Waals surface area contributed by atoms with E-state index < -0.39 is 11.8 Å². The van der Waals surface area contributed by atoms with E-state index in [1.165, 1.54) is 12.3 Å². The first-order valence-corrected chi connectivity index (χ1v) is 4.61. The molecule has 1 aromatic heterocycles. The molecule has 0 aliphatic rings. The van der Waals surface area contributed by atoms with E-state index in [0.717, 1.165) is 0 Å². The number of nitrogen functional groups attached to an aromatic ring is 1. The minimum absolute atomic E-state index is 0.203. The van der Waals surface area contributed by atoms with Gasteiger partial charge in [0.1, 0.15) is 0 Å². The quantitative estimate of drug-likeness (QED) is 0.409. The lowest BCUT2D eigenvalue weighted by Crippen LogP contribution is -2.33. The van der Waals surface area contributed by atoms with Crippen molar-refractivity contribution in [2.24, 2.45) is 11.6 Å². The van der Waals surface area contributed by atoms with Gasteiger partial charge in [-0.2, -0.15) is 0 Å². The van der Waals surface area contributed by atoms with Gasteiger partial charge in [0.05, 0.1) is 17.1 Å². The maximum atomic E-state index is 11.4. The topological polar surface area (TPSA) is 123 Å². The molecule has 0 saturated carbocycles. The molecule has 0 fully saturated rings. The molecule has 1 aromatic rings. The summed E-state index contributed by atoms with van der Waals surface area (Å²) in [5.74, 6) is 4.25. The molecule has 0 saturated heterocycles. The third kappa shape index (κ3) is 3.07. The maximum Gasteiger partial charge on any atom is 0.253 e. The number of nitrogens with two attached hydrogens (primary N) is 2. The largest absolute Gasteiger partial charge is 0.368 e. The summed E-state index contributed by atoms with van der Waals surface area (Å²) in [5.41, 5.74) is 7.35. The van der Waals surface area contributed by atoms with Crippen molar-refractivity contribution < 1.29 is 9.59 Å². The average molecular weight is 244 g/mol. The standard InChI is InChI=1S/C8H10ClN5O2/c9-5-1-4(2-12-7(5)14-11)8(16)13-3-6(10)15/h1-2H,3,11H2,(H2,10,15)(H,12,14)(H,13,16). The first kappa shape index (κ1) is 12.2. The van der Waals surface area contributed by atoms with Crippen LogP contribution in [0.3, 0.4) is 0 Å². The third-order valence-corrected chi connectivity index (χ3v) is 1.95. The maximum absolute atomic E-state index is 11.4. The van der Waals surface area contributed by atoms with Gasteiger partial charge in [0.2, 0.25) is 5.91 Å². The van der Waals surface area contributed by atoms with Gasteiger partial charge in [-0.25, -0.2) is 10.8 Å². The number of hydrogen-bond acceptors (Lipinski definition) is 5. The number of amides is 2. The Labute approximate surface area is 96.1 Å². The van der Waals surface area contributed by atoms with Crippen LogP contribution in [0.15, 0.2) is 12.3 Å². The van der Waals surface area contributed by atoms with Crippen LogP contribution in [0.1, 0.15) is 10.4 Å². The predicted octanol–water partition coefficient (Wildman–Crippen LogP) is -0.764. The highest BCUT2D eigenvalue weighted by Crippen LogP contribution is 2.18. The smallest absolute Gasteiger partial charge is 0.253 e. The molecule has 0 bridgehead atoms. The summed E-state index contributed by atoms with van der Waals surface area (Å²) in [5, 5.41) is 2.50. The molecule has 7 nitrogen and oxygen atoms in total. The fourth-order valence-corrected chi connectivity index (χ4v) is 1.16. The Hall–Kier alpha value is -1.86. The molecule has 0 aliphatic heterocycles. The van der Waals surface area contributed by atoms with Crippen LogP contribution in [0, 0.1) is 0 Å². The molecule has 1 rings (SSSR count). The van der Waals surface area contributed by atoms with Crippen LogP contribution in [-0.2, 0) is 4.79 Å². The van der Waals surface area contributed by atoms with E-state index in [9.17, 15) is 9.59 Å². The van der Waals surface area contributed by atoms with Crippen molar-refractivity contribution in [3.05, 3.63) is 22.8 Å². The van der Waals surface area contributed by atoms with Crippen LogP contribution in [0.5, 0.6) is 0 Å². The average Bonchev–Trinajstić information content (AvgIpc) is 2.25. The van der Waals surface area contributed by atoms with E-state index in [2.05, 4.69) is 15.7 Å². The summed E-state index contributed by atoms with van der Waals surface area (Å²) in [4.78, 5) is 25.7. The number of carbonyl (C=O) groups excluding carboxylic acids is 2. The van der Waals surface area contributed by atoms with Crippen molar-refractivity contribution in [3.8, 4) is 0 Å². The SMILES string of the molecule is NNc1ncc(C(=O)NCC(N)=O)cc1Cl. The van der Waals surface area contributed by atoms with E-state index >= 15 is 0 Å². The first-order chi connectivity index (χ1) is 7.54. The lowest BCUT2D eigenvalue weighted by molar-refractivity contribution is -0.117. The molecule has 0 aromatic carbocycles. The summed E-state index contributed by atoms with van der Waals surface area (Å²) in [6, 6.07) is 1.38. The van der Waals surface area contributed by atoms with Gasteiger partial charge in [0, 0.05) is 6.20 Å². The molecule has 0 radical (unpaired) electrons. The second kappa shape index (κ2) is 5.29. The summed E-state index contributed by atoms with van der Waals surface area (Å²) >= 11 is 5.76. The monoisotopic (exact) mass is 243 g/mol. The number of nitrogens with zero attached hydrogens (tertiary/aromatic N) is 1. The zero-order valence-corrected chi connectivity index (χ0v) is 8.91. The molecular weight excluding hydrogens is 234 g/mol. The summed E-state index contributed by atoms with van der Waals surface area (Å²) in [7, 11) is 0. The molecule has 0 spiro atoms. The molecule has 16 heavy (non-hydrogen) atoms. The van der Waals surface area contributed by atoms with Gasteiger partial charge in [0.25, 0.3) is 5.91 Å². The Morgan fingerprint density at radius 1 is 1.50 bits per heavy atom. The minimum atomic E-state index is -0.632. The fraction of sp³-hybridized carbons (Fsp3) is 0.125. The summed E-state index contributed by atoms with van der Waals surface area (Å²) < 4.78 is 0. The van der Waals surface area contributed by atoms with E-state index in [-0.39, 0.29) is 22.9 Å². The van der Waals surface area contributed by atoms with Crippen LogP contribution < -0.4 is 22.3 Å². The van der Waals surface area contributed by atoms with Crippen molar-refractivity contribution in [1.82, 2.24) is 10.3 Å². The van der Waals surface area contributed by atoms with Crippen molar-refractivity contribution >= 4 is 29.2 Å². The molecule has 2 amide bonds. The van der Waals surface area contributed by atoms with Crippen LogP contribution >= 0.6 is 11.6 Å². The summed E-state index contributed by atoms with van der Waals surface area (Å²) in [6.45, 7) is -0.243. The molecule has 1 heterocycles. The number of nitrogens with one attached hydrogen (secondary N) is 2. The van der Waals surface area contributed by atoms with Crippen LogP contribution in [0.25, 0.3) is 0 Å². The number of primary amides is 1. The lowest BCUT2D eigenvalue weighted by atomic mass is 10.2. The van der Waals surface area contributed by atoms with Crippen LogP contribution in [-0.4, -0.2) is 23.3 Å². The van der Waals surface area contributed by atoms with E-state index in [1.54, 1.807) is 0 Å². The Morgan fingerprint density at radius 3 is 2.69 bits per heavy atom. The van der Waals surface area contributed by atoms with Gasteiger partial charge in [-0.3, -0.25) is 9.59 Å². The van der Waals surface area contributed by atoms with E-state index in [0.29, 0.717) is 0 Å². The van der Waals surface area contributed by atoms with Gasteiger partial charge in [-0.05, 0) is 6.07 Å². The predicted molar refractivity (Wildman–Crippen MR) is 58.6 cm³/mol. The van der Waals surface area contributed by atoms with Crippen LogP contribution in [0.2, 0.25) is 5.02 Å². The molecule has 6 N–H and O–H groups in total. The number of hydrazine groups is 1. The second-order valence-corrected chi connectivity index (χ2v) is 3.25. The van der Waals surface area contributed by atoms with Crippen molar-refractivity contribution in [2.45, 2.75) is 0 Å². The highest BCUT2D eigenvalue weighted by Gasteiger charge is 2.09. The highest BCUT2D eigenvalue weighted by molar-refractivity contribution is 6.33. The highest BCUT2D eigenvalue weighted by atomic mass is 35.5. The molecule has 0 unspecified atom stereocenters. The molecule has 8 heteroatoms. The summed E-state index contributed by atoms with van der Waals surface area (Å²) in [6.07, 6.45) is 1.28. The van der Waals surface area contributed by atoms with Gasteiger partial charge >= 0.3 is 0 Å². The first-order valence-electron chi connectivity index (χ1n) is 4.23. The zero-order chi connectivity index (χ0) is 12.1. The minimum Gasteiger partial charge on any atom is -0.368 e. The number of hydrogen-bond donors (Lipinski definition) is 4. The van der Waals surface area contributed by atoms with E-state index in [4.69, 9.17) is 23.2 Å². The molecule has 0 atom stereocenters. The van der Waals surface area contributed by atoms with Crippen molar-refractivity contribution in [1.29, 1.82) is 0 Å². The molecule has 0 aliphatic carbocycles. The Balaban J connectivity index is 2.77.